The number of likely N-dealkylation sites (tertiary alicyclic amines) is 1. The van der Waals surface area contributed by atoms with E-state index < -0.39 is 0 Å². The molecule has 0 radical (unpaired) electrons. The molecule has 150 valence electrons. The average Bonchev–Trinajstić information content (AvgIpc) is 2.92. The fourth-order valence-electron chi connectivity index (χ4n) is 4.00. The first-order chi connectivity index (χ1) is 13.6. The summed E-state index contributed by atoms with van der Waals surface area (Å²) in [4.78, 5) is 31.3. The Morgan fingerprint density at radius 2 is 1.61 bits per heavy atom. The Hall–Kier alpha value is -2.05. The molecule has 2 amide bonds. The zero-order valence-corrected chi connectivity index (χ0v) is 16.8. The smallest absolute Gasteiger partial charge is 0.289 e. The van der Waals surface area contributed by atoms with E-state index in [1.54, 1.807) is 29.2 Å². The third-order valence-electron chi connectivity index (χ3n) is 5.67. The average molecular weight is 404 g/mol. The largest absolute Gasteiger partial charge is 0.451 e. The highest BCUT2D eigenvalue weighted by Gasteiger charge is 2.26. The molecule has 0 unspecified atom stereocenters. The molecule has 0 aliphatic carbocycles. The van der Waals surface area contributed by atoms with Gasteiger partial charge < -0.3 is 14.2 Å². The fraction of sp³-hybridized carbons (Fsp3) is 0.524. The lowest BCUT2D eigenvalue weighted by Gasteiger charge is -2.35. The van der Waals surface area contributed by atoms with Gasteiger partial charge in [0.2, 0.25) is 5.91 Å². The topological polar surface area (TPSA) is 57.0 Å². The van der Waals surface area contributed by atoms with E-state index in [2.05, 4.69) is 4.90 Å². The predicted octanol–water partition coefficient (Wildman–Crippen LogP) is 3.25. The molecule has 7 heteroatoms. The highest BCUT2D eigenvalue weighted by atomic mass is 35.5. The van der Waals surface area contributed by atoms with Gasteiger partial charge in [0.15, 0.2) is 5.76 Å². The van der Waals surface area contributed by atoms with Gasteiger partial charge in [-0.05, 0) is 37.1 Å². The second kappa shape index (κ2) is 8.53. The summed E-state index contributed by atoms with van der Waals surface area (Å²) in [7, 11) is 0. The Balaban J connectivity index is 1.31. The van der Waals surface area contributed by atoms with E-state index in [9.17, 15) is 9.59 Å². The predicted molar refractivity (Wildman–Crippen MR) is 109 cm³/mol. The Kier molecular flexibility index (Phi) is 5.87. The number of fused-ring (bicyclic) bond motifs is 1. The SMILES string of the molecule is O=C(CN1CCN(C(=O)c2cc3cc(Cl)ccc3o2)CC1)N1CCCCCC1. The van der Waals surface area contributed by atoms with Crippen LogP contribution >= 0.6 is 11.6 Å². The van der Waals surface area contributed by atoms with E-state index in [1.807, 2.05) is 4.90 Å². The number of nitrogens with zero attached hydrogens (tertiary/aromatic N) is 3. The summed E-state index contributed by atoms with van der Waals surface area (Å²) < 4.78 is 5.70. The lowest BCUT2D eigenvalue weighted by Crippen LogP contribution is -2.51. The first-order valence-corrected chi connectivity index (χ1v) is 10.5. The van der Waals surface area contributed by atoms with Gasteiger partial charge in [-0.25, -0.2) is 0 Å². The molecule has 2 aliphatic heterocycles. The molecule has 0 bridgehead atoms. The standard InChI is InChI=1S/C21H26ClN3O3/c22-17-5-6-18-16(13-17)14-19(28-18)21(27)25-11-9-23(10-12-25)15-20(26)24-7-3-1-2-4-8-24/h5-6,13-14H,1-4,7-12,15H2. The van der Waals surface area contributed by atoms with Crippen LogP contribution in [0, 0.1) is 0 Å². The van der Waals surface area contributed by atoms with Crippen molar-refractivity contribution in [2.75, 3.05) is 45.8 Å². The molecule has 6 nitrogen and oxygen atoms in total. The molecule has 2 aliphatic rings. The Labute approximate surface area is 170 Å². The number of halogens is 1. The van der Waals surface area contributed by atoms with E-state index in [0.29, 0.717) is 49.1 Å². The van der Waals surface area contributed by atoms with Gasteiger partial charge in [-0.3, -0.25) is 14.5 Å². The third kappa shape index (κ3) is 4.33. The highest BCUT2D eigenvalue weighted by molar-refractivity contribution is 6.31. The number of piperazine rings is 1. The highest BCUT2D eigenvalue weighted by Crippen LogP contribution is 2.24. The number of hydrogen-bond donors (Lipinski definition) is 0. The molecule has 1 aromatic carbocycles. The maximum absolute atomic E-state index is 12.8. The van der Waals surface area contributed by atoms with Crippen LogP contribution in [0.25, 0.3) is 11.0 Å². The van der Waals surface area contributed by atoms with Gasteiger partial charge in [0, 0.05) is 49.7 Å². The molecule has 1 aromatic heterocycles. The summed E-state index contributed by atoms with van der Waals surface area (Å²) in [5, 5.41) is 1.45. The van der Waals surface area contributed by atoms with Gasteiger partial charge in [-0.15, -0.1) is 0 Å². The molecule has 0 saturated carbocycles. The van der Waals surface area contributed by atoms with E-state index in [1.165, 1.54) is 12.8 Å². The quantitative estimate of drug-likeness (QED) is 0.789. The molecule has 0 N–H and O–H groups in total. The van der Waals surface area contributed by atoms with Crippen LogP contribution in [0.5, 0.6) is 0 Å². The fourth-order valence-corrected chi connectivity index (χ4v) is 4.18. The number of carbonyl (C=O) groups excluding carboxylic acids is 2. The van der Waals surface area contributed by atoms with Crippen molar-refractivity contribution in [3.05, 3.63) is 35.0 Å². The minimum absolute atomic E-state index is 0.106. The van der Waals surface area contributed by atoms with E-state index >= 15 is 0 Å². The number of benzene rings is 1. The number of carbonyl (C=O) groups is 2. The van der Waals surface area contributed by atoms with Crippen LogP contribution in [0.2, 0.25) is 5.02 Å². The lowest BCUT2D eigenvalue weighted by molar-refractivity contribution is -0.132. The van der Waals surface area contributed by atoms with Crippen LogP contribution in [0.4, 0.5) is 0 Å². The zero-order chi connectivity index (χ0) is 19.5. The molecule has 2 saturated heterocycles. The Morgan fingerprint density at radius 3 is 2.32 bits per heavy atom. The van der Waals surface area contributed by atoms with Crippen molar-refractivity contribution < 1.29 is 14.0 Å². The normalized spacial score (nSPS) is 19.0. The summed E-state index contributed by atoms with van der Waals surface area (Å²) in [6, 6.07) is 7.07. The molecule has 4 rings (SSSR count). The van der Waals surface area contributed by atoms with Crippen molar-refractivity contribution in [1.29, 1.82) is 0 Å². The Bertz CT molecular complexity index is 850. The summed E-state index contributed by atoms with van der Waals surface area (Å²) in [6.45, 7) is 4.83. The van der Waals surface area contributed by atoms with Crippen LogP contribution in [0.15, 0.2) is 28.7 Å². The molecule has 28 heavy (non-hydrogen) atoms. The van der Waals surface area contributed by atoms with Crippen LogP contribution in [-0.4, -0.2) is 72.3 Å². The van der Waals surface area contributed by atoms with E-state index in [4.69, 9.17) is 16.0 Å². The van der Waals surface area contributed by atoms with Gasteiger partial charge >= 0.3 is 0 Å². The van der Waals surface area contributed by atoms with Crippen molar-refractivity contribution in [2.45, 2.75) is 25.7 Å². The molecular formula is C21H26ClN3O3. The number of furan rings is 1. The van der Waals surface area contributed by atoms with Crippen molar-refractivity contribution in [2.24, 2.45) is 0 Å². The zero-order valence-electron chi connectivity index (χ0n) is 16.0. The molecule has 0 spiro atoms. The van der Waals surface area contributed by atoms with Gasteiger partial charge in [0.05, 0.1) is 6.54 Å². The second-order valence-corrected chi connectivity index (χ2v) is 8.09. The first-order valence-electron chi connectivity index (χ1n) is 10.1. The number of rotatable bonds is 3. The summed E-state index contributed by atoms with van der Waals surface area (Å²) in [6.07, 6.45) is 4.66. The number of amides is 2. The van der Waals surface area contributed by atoms with E-state index in [0.717, 1.165) is 31.3 Å². The molecule has 0 atom stereocenters. The van der Waals surface area contributed by atoms with Crippen LogP contribution < -0.4 is 0 Å². The second-order valence-electron chi connectivity index (χ2n) is 7.66. The van der Waals surface area contributed by atoms with Crippen molar-refractivity contribution in [1.82, 2.24) is 14.7 Å². The maximum Gasteiger partial charge on any atom is 0.289 e. The minimum atomic E-state index is -0.106. The summed E-state index contributed by atoms with van der Waals surface area (Å²) in [5.74, 6) is 0.452. The lowest BCUT2D eigenvalue weighted by atomic mass is 10.2. The monoisotopic (exact) mass is 403 g/mol. The Morgan fingerprint density at radius 1 is 0.893 bits per heavy atom. The van der Waals surface area contributed by atoms with Crippen LogP contribution in [0.3, 0.4) is 0 Å². The van der Waals surface area contributed by atoms with E-state index in [-0.39, 0.29) is 11.8 Å². The summed E-state index contributed by atoms with van der Waals surface area (Å²) >= 11 is 6.01. The third-order valence-corrected chi connectivity index (χ3v) is 5.90. The molecule has 2 aromatic rings. The van der Waals surface area contributed by atoms with Crippen molar-refractivity contribution in [3.63, 3.8) is 0 Å². The van der Waals surface area contributed by atoms with Gasteiger partial charge in [-0.2, -0.15) is 0 Å². The molecule has 3 heterocycles. The molecular weight excluding hydrogens is 378 g/mol. The van der Waals surface area contributed by atoms with Gasteiger partial charge in [-0.1, -0.05) is 24.4 Å². The van der Waals surface area contributed by atoms with Crippen LogP contribution in [-0.2, 0) is 4.79 Å². The summed E-state index contributed by atoms with van der Waals surface area (Å²) in [5.41, 5.74) is 0.662. The minimum Gasteiger partial charge on any atom is -0.451 e. The first kappa shape index (κ1) is 19.3. The van der Waals surface area contributed by atoms with Crippen molar-refractivity contribution >= 4 is 34.4 Å². The maximum atomic E-state index is 12.8. The van der Waals surface area contributed by atoms with Gasteiger partial charge in [0.25, 0.3) is 5.91 Å². The van der Waals surface area contributed by atoms with Crippen molar-refractivity contribution in [3.8, 4) is 0 Å². The molecule has 2 fully saturated rings. The van der Waals surface area contributed by atoms with Gasteiger partial charge in [0.1, 0.15) is 5.58 Å². The van der Waals surface area contributed by atoms with Crippen LogP contribution in [0.1, 0.15) is 36.2 Å². The number of hydrogen-bond acceptors (Lipinski definition) is 4.